The Labute approximate surface area is 183 Å². The van der Waals surface area contributed by atoms with Gasteiger partial charge in [0, 0.05) is 32.2 Å². The van der Waals surface area contributed by atoms with E-state index in [4.69, 9.17) is 0 Å². The third-order valence-electron chi connectivity index (χ3n) is 6.20. The SMILES string of the molecule is CN(Cc1ccncc1)c1ncccc1C(=O)NC1C=CC(C2(C#N)CCCC2)=CC1. The van der Waals surface area contributed by atoms with Crippen molar-refractivity contribution in [3.8, 4) is 6.07 Å². The van der Waals surface area contributed by atoms with Gasteiger partial charge in [0.1, 0.15) is 5.82 Å². The lowest BCUT2D eigenvalue weighted by Crippen LogP contribution is -2.35. The Balaban J connectivity index is 1.43. The summed E-state index contributed by atoms with van der Waals surface area (Å²) in [6.45, 7) is 0.630. The minimum Gasteiger partial charge on any atom is -0.355 e. The molecule has 0 saturated heterocycles. The van der Waals surface area contributed by atoms with Crippen LogP contribution >= 0.6 is 0 Å². The van der Waals surface area contributed by atoms with Crippen LogP contribution in [0.25, 0.3) is 0 Å². The number of nitrogens with one attached hydrogen (secondary N) is 1. The maximum Gasteiger partial charge on any atom is 0.255 e. The first kappa shape index (κ1) is 20.8. The third kappa shape index (κ3) is 4.51. The summed E-state index contributed by atoms with van der Waals surface area (Å²) >= 11 is 0. The van der Waals surface area contributed by atoms with Gasteiger partial charge < -0.3 is 10.2 Å². The molecule has 2 aromatic rings. The van der Waals surface area contributed by atoms with Crippen LogP contribution < -0.4 is 10.2 Å². The van der Waals surface area contributed by atoms with Crippen LogP contribution in [0, 0.1) is 16.7 Å². The summed E-state index contributed by atoms with van der Waals surface area (Å²) in [6, 6.07) is 9.94. The molecule has 1 N–H and O–H groups in total. The Morgan fingerprint density at radius 3 is 2.71 bits per heavy atom. The number of allylic oxidation sites excluding steroid dienone is 2. The molecule has 6 nitrogen and oxygen atoms in total. The summed E-state index contributed by atoms with van der Waals surface area (Å²) in [6.07, 6.45) is 16.2. The molecular formula is C25H27N5O. The number of aromatic nitrogens is 2. The fraction of sp³-hybridized carbons (Fsp3) is 0.360. The van der Waals surface area contributed by atoms with Crippen LogP contribution in [-0.2, 0) is 6.54 Å². The molecule has 0 radical (unpaired) electrons. The summed E-state index contributed by atoms with van der Waals surface area (Å²) in [5.74, 6) is 0.495. The lowest BCUT2D eigenvalue weighted by atomic mass is 9.77. The van der Waals surface area contributed by atoms with Crippen molar-refractivity contribution in [1.29, 1.82) is 5.26 Å². The number of carbonyl (C=O) groups is 1. The molecule has 1 unspecified atom stereocenters. The average Bonchev–Trinajstić information content (AvgIpc) is 3.30. The quantitative estimate of drug-likeness (QED) is 0.768. The number of amides is 1. The lowest BCUT2D eigenvalue weighted by Gasteiger charge is -2.27. The molecule has 6 heteroatoms. The van der Waals surface area contributed by atoms with Gasteiger partial charge in [0.2, 0.25) is 0 Å². The number of hydrogen-bond donors (Lipinski definition) is 1. The Kier molecular flexibility index (Phi) is 6.13. The van der Waals surface area contributed by atoms with Gasteiger partial charge in [0.15, 0.2) is 0 Å². The zero-order chi connectivity index (χ0) is 21.7. The van der Waals surface area contributed by atoms with Gasteiger partial charge in [-0.15, -0.1) is 0 Å². The molecule has 1 fully saturated rings. The number of nitriles is 1. The van der Waals surface area contributed by atoms with Gasteiger partial charge in [-0.2, -0.15) is 5.26 Å². The van der Waals surface area contributed by atoms with Crippen LogP contribution in [0.4, 0.5) is 5.82 Å². The summed E-state index contributed by atoms with van der Waals surface area (Å²) in [5, 5.41) is 12.8. The second-order valence-corrected chi connectivity index (χ2v) is 8.32. The fourth-order valence-corrected chi connectivity index (χ4v) is 4.49. The maximum atomic E-state index is 13.1. The zero-order valence-electron chi connectivity index (χ0n) is 17.8. The van der Waals surface area contributed by atoms with Crippen molar-refractivity contribution < 1.29 is 4.79 Å². The average molecular weight is 414 g/mol. The van der Waals surface area contributed by atoms with Crippen LogP contribution in [-0.4, -0.2) is 29.0 Å². The van der Waals surface area contributed by atoms with E-state index in [1.54, 1.807) is 30.7 Å². The second kappa shape index (κ2) is 9.13. The van der Waals surface area contributed by atoms with Crippen LogP contribution in [0.1, 0.15) is 48.0 Å². The fourth-order valence-electron chi connectivity index (χ4n) is 4.49. The van der Waals surface area contributed by atoms with Crippen molar-refractivity contribution in [3.63, 3.8) is 0 Å². The predicted octanol–water partition coefficient (Wildman–Crippen LogP) is 4.18. The molecule has 2 aromatic heterocycles. The van der Waals surface area contributed by atoms with E-state index >= 15 is 0 Å². The van der Waals surface area contributed by atoms with Crippen LogP contribution in [0.15, 0.2) is 66.7 Å². The molecule has 2 heterocycles. The Morgan fingerprint density at radius 2 is 2.03 bits per heavy atom. The molecule has 0 aliphatic heterocycles. The molecule has 0 spiro atoms. The van der Waals surface area contributed by atoms with Crippen LogP contribution in [0.5, 0.6) is 0 Å². The summed E-state index contributed by atoms with van der Waals surface area (Å²) in [4.78, 5) is 23.5. The van der Waals surface area contributed by atoms with Crippen molar-refractivity contribution in [2.75, 3.05) is 11.9 Å². The number of nitrogens with zero attached hydrogens (tertiary/aromatic N) is 4. The minimum atomic E-state index is -0.336. The second-order valence-electron chi connectivity index (χ2n) is 8.32. The summed E-state index contributed by atoms with van der Waals surface area (Å²) < 4.78 is 0. The highest BCUT2D eigenvalue weighted by molar-refractivity contribution is 5.99. The molecule has 2 aliphatic rings. The Morgan fingerprint density at radius 1 is 1.26 bits per heavy atom. The van der Waals surface area contributed by atoms with E-state index in [0.29, 0.717) is 24.3 Å². The first-order valence-corrected chi connectivity index (χ1v) is 10.8. The van der Waals surface area contributed by atoms with E-state index in [0.717, 1.165) is 36.8 Å². The van der Waals surface area contributed by atoms with Crippen molar-refractivity contribution >= 4 is 11.7 Å². The summed E-state index contributed by atoms with van der Waals surface area (Å²) in [7, 11) is 1.93. The normalized spacial score (nSPS) is 19.4. The molecule has 4 rings (SSSR count). The first-order valence-electron chi connectivity index (χ1n) is 10.8. The van der Waals surface area contributed by atoms with Crippen molar-refractivity contribution in [2.24, 2.45) is 5.41 Å². The van der Waals surface area contributed by atoms with E-state index < -0.39 is 0 Å². The van der Waals surface area contributed by atoms with Gasteiger partial charge in [0.25, 0.3) is 5.91 Å². The van der Waals surface area contributed by atoms with E-state index in [9.17, 15) is 10.1 Å². The van der Waals surface area contributed by atoms with E-state index in [1.165, 1.54) is 0 Å². The van der Waals surface area contributed by atoms with Gasteiger partial charge in [-0.25, -0.2) is 4.98 Å². The highest BCUT2D eigenvalue weighted by Gasteiger charge is 2.37. The number of carbonyl (C=O) groups excluding carboxylic acids is 1. The van der Waals surface area contributed by atoms with E-state index in [2.05, 4.69) is 27.4 Å². The highest BCUT2D eigenvalue weighted by Crippen LogP contribution is 2.45. The molecule has 1 saturated carbocycles. The minimum absolute atomic E-state index is 0.0908. The molecule has 0 aromatic carbocycles. The van der Waals surface area contributed by atoms with Crippen LogP contribution in [0.3, 0.4) is 0 Å². The number of hydrogen-bond acceptors (Lipinski definition) is 5. The largest absolute Gasteiger partial charge is 0.355 e. The van der Waals surface area contributed by atoms with Gasteiger partial charge in [-0.1, -0.05) is 31.1 Å². The van der Waals surface area contributed by atoms with E-state index in [1.807, 2.05) is 36.2 Å². The third-order valence-corrected chi connectivity index (χ3v) is 6.20. The van der Waals surface area contributed by atoms with Crippen molar-refractivity contribution in [3.05, 3.63) is 77.8 Å². The lowest BCUT2D eigenvalue weighted by molar-refractivity contribution is 0.0944. The number of anilines is 1. The highest BCUT2D eigenvalue weighted by atomic mass is 16.1. The van der Waals surface area contributed by atoms with Crippen LogP contribution in [0.2, 0.25) is 0 Å². The number of rotatable bonds is 6. The molecule has 31 heavy (non-hydrogen) atoms. The van der Waals surface area contributed by atoms with Gasteiger partial charge in [-0.05, 0) is 54.7 Å². The molecule has 2 aliphatic carbocycles. The molecule has 1 atom stereocenters. The summed E-state index contributed by atoms with van der Waals surface area (Å²) in [5.41, 5.74) is 2.42. The molecular weight excluding hydrogens is 386 g/mol. The van der Waals surface area contributed by atoms with E-state index in [-0.39, 0.29) is 17.4 Å². The Hall–Kier alpha value is -3.46. The standard InChI is InChI=1S/C25H27N5O/c1-30(17-19-10-15-27-16-11-19)23-22(5-4-14-28-23)24(31)29-21-8-6-20(7-9-21)25(18-26)12-2-3-13-25/h4-8,10-11,14-16,21H,2-3,9,12-13,17H2,1H3,(H,29,31). The topological polar surface area (TPSA) is 81.9 Å². The Bertz CT molecular complexity index is 1030. The monoisotopic (exact) mass is 413 g/mol. The predicted molar refractivity (Wildman–Crippen MR) is 120 cm³/mol. The van der Waals surface area contributed by atoms with Gasteiger partial charge in [-0.3, -0.25) is 9.78 Å². The maximum absolute atomic E-state index is 13.1. The molecule has 1 amide bonds. The van der Waals surface area contributed by atoms with Crippen molar-refractivity contribution in [1.82, 2.24) is 15.3 Å². The molecule has 0 bridgehead atoms. The zero-order valence-corrected chi connectivity index (χ0v) is 17.8. The number of pyridine rings is 2. The molecule has 158 valence electrons. The van der Waals surface area contributed by atoms with Crippen molar-refractivity contribution in [2.45, 2.75) is 44.7 Å². The first-order chi connectivity index (χ1) is 15.1. The smallest absolute Gasteiger partial charge is 0.255 e. The van der Waals surface area contributed by atoms with Gasteiger partial charge in [0.05, 0.1) is 23.1 Å². The van der Waals surface area contributed by atoms with Gasteiger partial charge >= 0.3 is 0 Å².